The van der Waals surface area contributed by atoms with Gasteiger partial charge in [-0.05, 0) is 66.1 Å². The van der Waals surface area contributed by atoms with Crippen molar-refractivity contribution < 1.29 is 14.3 Å². The molecule has 3 aromatic carbocycles. The predicted molar refractivity (Wildman–Crippen MR) is 142 cm³/mol. The van der Waals surface area contributed by atoms with E-state index in [-0.39, 0.29) is 0 Å². The lowest BCUT2D eigenvalue weighted by atomic mass is 10.0. The number of ether oxygens (including phenoxy) is 2. The van der Waals surface area contributed by atoms with Crippen LogP contribution in [0.3, 0.4) is 0 Å². The third-order valence-corrected chi connectivity index (χ3v) is 6.37. The number of amides is 1. The van der Waals surface area contributed by atoms with Crippen LogP contribution in [0.5, 0.6) is 11.5 Å². The summed E-state index contributed by atoms with van der Waals surface area (Å²) in [7, 11) is 3.30. The van der Waals surface area contributed by atoms with Gasteiger partial charge in [0.15, 0.2) is 5.16 Å². The van der Waals surface area contributed by atoms with Crippen LogP contribution in [0.15, 0.2) is 90.1 Å². The van der Waals surface area contributed by atoms with Crippen molar-refractivity contribution in [1.29, 1.82) is 0 Å². The number of aromatic nitrogens is 2. The number of aromatic amines is 1. The minimum Gasteiger partial charge on any atom is -0.497 e. The van der Waals surface area contributed by atoms with Crippen LogP contribution in [0.25, 0.3) is 28.1 Å². The normalized spacial score (nSPS) is 11.3. The van der Waals surface area contributed by atoms with Crippen LogP contribution in [-0.4, -0.2) is 35.8 Å². The third-order valence-electron chi connectivity index (χ3n) is 5.50. The molecule has 4 aromatic rings. The highest BCUT2D eigenvalue weighted by Crippen LogP contribution is 2.35. The van der Waals surface area contributed by atoms with Crippen LogP contribution in [-0.2, 0) is 4.79 Å². The Morgan fingerprint density at radius 1 is 0.914 bits per heavy atom. The van der Waals surface area contributed by atoms with Gasteiger partial charge in [0.1, 0.15) is 11.5 Å². The van der Waals surface area contributed by atoms with E-state index in [0.717, 1.165) is 56.1 Å². The van der Waals surface area contributed by atoms with Crippen molar-refractivity contribution in [3.63, 3.8) is 0 Å². The van der Waals surface area contributed by atoms with E-state index in [2.05, 4.69) is 4.98 Å². The Kier molecular flexibility index (Phi) is 7.90. The van der Waals surface area contributed by atoms with Gasteiger partial charge < -0.3 is 20.2 Å². The Balaban J connectivity index is 1.59. The molecule has 35 heavy (non-hydrogen) atoms. The van der Waals surface area contributed by atoms with Crippen LogP contribution >= 0.6 is 11.8 Å². The van der Waals surface area contributed by atoms with Crippen molar-refractivity contribution >= 4 is 23.2 Å². The number of allylic oxidation sites excluding steroid dienone is 1. The van der Waals surface area contributed by atoms with Crippen LogP contribution in [0.1, 0.15) is 12.0 Å². The second-order valence-corrected chi connectivity index (χ2v) is 8.84. The molecule has 4 rings (SSSR count). The van der Waals surface area contributed by atoms with Crippen molar-refractivity contribution in [2.75, 3.05) is 20.0 Å². The maximum Gasteiger partial charge on any atom is 0.241 e. The van der Waals surface area contributed by atoms with Gasteiger partial charge in [0.25, 0.3) is 0 Å². The van der Waals surface area contributed by atoms with E-state index in [9.17, 15) is 4.79 Å². The average Bonchev–Trinajstić information content (AvgIpc) is 3.32. The Hall–Kier alpha value is -3.97. The Morgan fingerprint density at radius 2 is 1.51 bits per heavy atom. The fraction of sp³-hybridized carbons (Fsp3) is 0.143. The van der Waals surface area contributed by atoms with Gasteiger partial charge >= 0.3 is 0 Å². The van der Waals surface area contributed by atoms with Crippen molar-refractivity contribution in [2.24, 2.45) is 5.73 Å². The number of imidazole rings is 1. The molecular formula is C28H27N3O3S. The molecule has 7 heteroatoms. The molecule has 0 fully saturated rings. The number of carbonyl (C=O) groups is 1. The van der Waals surface area contributed by atoms with E-state index in [1.807, 2.05) is 78.9 Å². The summed E-state index contributed by atoms with van der Waals surface area (Å²) in [5, 5.41) is 0.799. The molecule has 0 aliphatic heterocycles. The molecule has 1 amide bonds. The van der Waals surface area contributed by atoms with Crippen LogP contribution < -0.4 is 15.2 Å². The van der Waals surface area contributed by atoms with Gasteiger partial charge in [0.2, 0.25) is 5.91 Å². The van der Waals surface area contributed by atoms with Gasteiger partial charge in [-0.3, -0.25) is 4.79 Å². The highest BCUT2D eigenvalue weighted by molar-refractivity contribution is 7.99. The molecular weight excluding hydrogens is 458 g/mol. The lowest BCUT2D eigenvalue weighted by molar-refractivity contribution is -0.113. The average molecular weight is 486 g/mol. The Morgan fingerprint density at radius 3 is 2.09 bits per heavy atom. The largest absolute Gasteiger partial charge is 0.497 e. The molecule has 0 radical (unpaired) electrons. The first kappa shape index (κ1) is 24.2. The minimum atomic E-state index is -0.449. The topological polar surface area (TPSA) is 90.2 Å². The molecule has 1 heterocycles. The summed E-state index contributed by atoms with van der Waals surface area (Å²) >= 11 is 1.60. The summed E-state index contributed by atoms with van der Waals surface area (Å²) in [5.74, 6) is 1.87. The molecule has 3 N–H and O–H groups in total. The number of rotatable bonds is 10. The van der Waals surface area contributed by atoms with Crippen molar-refractivity contribution in [3.8, 4) is 34.0 Å². The van der Waals surface area contributed by atoms with Gasteiger partial charge in [0.05, 0.1) is 25.6 Å². The number of thioether (sulfide) groups is 1. The van der Waals surface area contributed by atoms with E-state index in [1.165, 1.54) is 6.08 Å². The van der Waals surface area contributed by atoms with E-state index in [0.29, 0.717) is 6.42 Å². The third kappa shape index (κ3) is 6.13. The number of benzene rings is 3. The van der Waals surface area contributed by atoms with Gasteiger partial charge in [0, 0.05) is 23.0 Å². The van der Waals surface area contributed by atoms with E-state index >= 15 is 0 Å². The molecule has 1 aromatic heterocycles. The summed E-state index contributed by atoms with van der Waals surface area (Å²) in [5.41, 5.74) is 11.1. The molecule has 6 nitrogen and oxygen atoms in total. The summed E-state index contributed by atoms with van der Waals surface area (Å²) < 4.78 is 10.6. The number of nitrogens with two attached hydrogens (primary N) is 1. The zero-order valence-corrected chi connectivity index (χ0v) is 20.5. The smallest absolute Gasteiger partial charge is 0.241 e. The summed E-state index contributed by atoms with van der Waals surface area (Å²) in [6, 6.07) is 25.6. The molecule has 0 aliphatic carbocycles. The van der Waals surface area contributed by atoms with Gasteiger partial charge in [-0.15, -0.1) is 0 Å². The molecule has 178 valence electrons. The number of methoxy groups -OCH3 is 2. The minimum absolute atomic E-state index is 0.449. The molecule has 0 bridgehead atoms. The molecule has 0 atom stereocenters. The quantitative estimate of drug-likeness (QED) is 0.218. The predicted octanol–water partition coefficient (Wildman–Crippen LogP) is 5.81. The van der Waals surface area contributed by atoms with Crippen LogP contribution in [0, 0.1) is 0 Å². The molecule has 0 aliphatic rings. The summed E-state index contributed by atoms with van der Waals surface area (Å²) in [6.07, 6.45) is 2.18. The lowest BCUT2D eigenvalue weighted by Crippen LogP contribution is -2.07. The first-order valence-electron chi connectivity index (χ1n) is 11.1. The highest BCUT2D eigenvalue weighted by Gasteiger charge is 2.15. The number of H-pyrrole nitrogens is 1. The van der Waals surface area contributed by atoms with E-state index in [4.69, 9.17) is 20.2 Å². The second kappa shape index (κ2) is 11.4. The van der Waals surface area contributed by atoms with Crippen molar-refractivity contribution in [1.82, 2.24) is 9.97 Å². The number of nitrogens with one attached hydrogen (secondary N) is 1. The van der Waals surface area contributed by atoms with Crippen molar-refractivity contribution in [3.05, 3.63) is 90.5 Å². The SMILES string of the molecule is COc1ccc(-c2nc(SCCC(=CC(N)=O)c3ccccc3)[nH]c2-c2ccc(OC)cc2)cc1. The van der Waals surface area contributed by atoms with Crippen molar-refractivity contribution in [2.45, 2.75) is 11.6 Å². The number of primary amides is 1. The Bertz CT molecular complexity index is 1230. The maximum absolute atomic E-state index is 11.6. The number of hydrogen-bond acceptors (Lipinski definition) is 5. The van der Waals surface area contributed by atoms with Gasteiger partial charge in [-0.2, -0.15) is 0 Å². The number of hydrogen-bond donors (Lipinski definition) is 2. The monoisotopic (exact) mass is 485 g/mol. The van der Waals surface area contributed by atoms with Gasteiger partial charge in [-0.1, -0.05) is 42.1 Å². The van der Waals surface area contributed by atoms with Crippen LogP contribution in [0.4, 0.5) is 0 Å². The first-order chi connectivity index (χ1) is 17.1. The molecule has 0 saturated carbocycles. The zero-order valence-electron chi connectivity index (χ0n) is 19.7. The zero-order chi connectivity index (χ0) is 24.6. The molecule has 0 spiro atoms. The first-order valence-corrected chi connectivity index (χ1v) is 12.1. The molecule has 0 unspecified atom stereocenters. The van der Waals surface area contributed by atoms with Gasteiger partial charge in [-0.25, -0.2) is 4.98 Å². The second-order valence-electron chi connectivity index (χ2n) is 7.76. The number of nitrogens with zero attached hydrogens (tertiary/aromatic N) is 1. The number of carbonyl (C=O) groups excluding carboxylic acids is 1. The fourth-order valence-corrected chi connectivity index (χ4v) is 4.57. The fourth-order valence-electron chi connectivity index (χ4n) is 3.73. The van der Waals surface area contributed by atoms with Crippen LogP contribution in [0.2, 0.25) is 0 Å². The lowest BCUT2D eigenvalue weighted by Gasteiger charge is -2.06. The molecule has 0 saturated heterocycles. The summed E-state index contributed by atoms with van der Waals surface area (Å²) in [4.78, 5) is 20.0. The maximum atomic E-state index is 11.6. The van der Waals surface area contributed by atoms with E-state index < -0.39 is 5.91 Å². The highest BCUT2D eigenvalue weighted by atomic mass is 32.2. The van der Waals surface area contributed by atoms with E-state index in [1.54, 1.807) is 26.0 Å². The standard InChI is InChI=1S/C28H27N3O3S/c1-33-23-12-8-20(9-13-23)26-27(21-10-14-24(34-2)15-11-21)31-28(30-26)35-17-16-22(18-25(29)32)19-6-4-3-5-7-19/h3-15,18H,16-17H2,1-2H3,(H2,29,32)(H,30,31). The summed E-state index contributed by atoms with van der Waals surface area (Å²) in [6.45, 7) is 0. The Labute approximate surface area is 209 Å².